The number of nitrogens with one attached hydrogen (secondary N) is 1. The van der Waals surface area contributed by atoms with Crippen molar-refractivity contribution in [2.24, 2.45) is 5.73 Å². The lowest BCUT2D eigenvalue weighted by Gasteiger charge is -2.40. The van der Waals surface area contributed by atoms with Gasteiger partial charge in [-0.15, -0.1) is 0 Å². The highest BCUT2D eigenvalue weighted by Crippen LogP contribution is 2.37. The summed E-state index contributed by atoms with van der Waals surface area (Å²) in [7, 11) is 0. The van der Waals surface area contributed by atoms with Crippen LogP contribution < -0.4 is 11.1 Å². The van der Waals surface area contributed by atoms with Gasteiger partial charge in [0, 0.05) is 19.6 Å². The number of nitrogens with two attached hydrogens (primary N) is 1. The SMILES string of the molecule is NCCNC(=O)CN1CCOC(OCc2cc(C(F)(F)F)cc(C(F)(F)F)c2)C1c1ccccc1. The van der Waals surface area contributed by atoms with Gasteiger partial charge in [-0.1, -0.05) is 30.3 Å². The Bertz CT molecular complexity index is 952. The van der Waals surface area contributed by atoms with E-state index in [4.69, 9.17) is 15.2 Å². The molecule has 2 aromatic rings. The Morgan fingerprint density at radius 2 is 1.69 bits per heavy atom. The van der Waals surface area contributed by atoms with Crippen molar-refractivity contribution in [1.29, 1.82) is 0 Å². The van der Waals surface area contributed by atoms with Gasteiger partial charge < -0.3 is 20.5 Å². The highest BCUT2D eigenvalue weighted by molar-refractivity contribution is 5.78. The van der Waals surface area contributed by atoms with Crippen molar-refractivity contribution in [2.45, 2.75) is 31.3 Å². The number of hydrogen-bond acceptors (Lipinski definition) is 5. The second kappa shape index (κ2) is 11.4. The van der Waals surface area contributed by atoms with Crippen LogP contribution in [0, 0.1) is 0 Å². The number of nitrogens with zero attached hydrogens (tertiary/aromatic N) is 1. The number of carbonyl (C=O) groups is 1. The quantitative estimate of drug-likeness (QED) is 0.535. The van der Waals surface area contributed by atoms with Crippen molar-refractivity contribution in [3.63, 3.8) is 0 Å². The summed E-state index contributed by atoms with van der Waals surface area (Å²) < 4.78 is 90.6. The third kappa shape index (κ3) is 7.40. The second-order valence-electron chi connectivity index (χ2n) is 7.93. The number of rotatable bonds is 8. The van der Waals surface area contributed by atoms with E-state index in [9.17, 15) is 31.1 Å². The van der Waals surface area contributed by atoms with Crippen LogP contribution in [0.5, 0.6) is 0 Å². The normalized spacial score (nSPS) is 19.5. The molecule has 192 valence electrons. The second-order valence-corrected chi connectivity index (χ2v) is 7.93. The lowest BCUT2D eigenvalue weighted by atomic mass is 10.0. The van der Waals surface area contributed by atoms with Crippen LogP contribution in [0.25, 0.3) is 0 Å². The molecule has 0 aromatic heterocycles. The van der Waals surface area contributed by atoms with E-state index in [0.717, 1.165) is 0 Å². The molecule has 0 bridgehead atoms. The minimum Gasteiger partial charge on any atom is -0.354 e. The molecular weight excluding hydrogens is 480 g/mol. The molecule has 0 radical (unpaired) electrons. The monoisotopic (exact) mass is 505 g/mol. The van der Waals surface area contributed by atoms with Crippen LogP contribution in [-0.4, -0.2) is 49.9 Å². The topological polar surface area (TPSA) is 76.8 Å². The first-order chi connectivity index (χ1) is 16.5. The maximum atomic E-state index is 13.2. The third-order valence-corrected chi connectivity index (χ3v) is 5.33. The maximum Gasteiger partial charge on any atom is 0.416 e. The summed E-state index contributed by atoms with van der Waals surface area (Å²) in [6.07, 6.45) is -11.0. The predicted octanol–water partition coefficient (Wildman–Crippen LogP) is 3.72. The van der Waals surface area contributed by atoms with E-state index in [1.165, 1.54) is 0 Å². The molecule has 0 saturated carbocycles. The molecule has 1 saturated heterocycles. The van der Waals surface area contributed by atoms with Crippen LogP contribution in [-0.2, 0) is 33.2 Å². The van der Waals surface area contributed by atoms with E-state index >= 15 is 0 Å². The van der Waals surface area contributed by atoms with E-state index in [2.05, 4.69) is 5.32 Å². The molecule has 6 nitrogen and oxygen atoms in total. The van der Waals surface area contributed by atoms with Crippen LogP contribution in [0.15, 0.2) is 48.5 Å². The van der Waals surface area contributed by atoms with Crippen LogP contribution in [0.4, 0.5) is 26.3 Å². The van der Waals surface area contributed by atoms with Gasteiger partial charge in [-0.05, 0) is 29.3 Å². The first-order valence-corrected chi connectivity index (χ1v) is 10.8. The molecule has 0 aliphatic carbocycles. The van der Waals surface area contributed by atoms with Gasteiger partial charge in [0.25, 0.3) is 0 Å². The summed E-state index contributed by atoms with van der Waals surface area (Å²) >= 11 is 0. The fourth-order valence-corrected chi connectivity index (χ4v) is 3.76. The Balaban J connectivity index is 1.84. The lowest BCUT2D eigenvalue weighted by Crippen LogP contribution is -2.50. The molecule has 1 fully saturated rings. The van der Waals surface area contributed by atoms with Crippen LogP contribution in [0.2, 0.25) is 0 Å². The molecule has 35 heavy (non-hydrogen) atoms. The molecule has 2 unspecified atom stereocenters. The molecule has 2 aromatic carbocycles. The Hall–Kier alpha value is -2.67. The molecule has 2 atom stereocenters. The average molecular weight is 505 g/mol. The van der Waals surface area contributed by atoms with Crippen LogP contribution in [0.3, 0.4) is 0 Å². The van der Waals surface area contributed by atoms with Gasteiger partial charge in [0.15, 0.2) is 6.29 Å². The standard InChI is InChI=1S/C23H25F6N3O3/c24-22(25,26)17-10-15(11-18(12-17)23(27,28)29)14-35-21-20(16-4-2-1-3-5-16)32(8-9-34-21)13-19(33)31-7-6-30/h1-5,10-12,20-21H,6-9,13-14,30H2,(H,31,33). The summed E-state index contributed by atoms with van der Waals surface area (Å²) in [6, 6.07) is 9.52. The summed E-state index contributed by atoms with van der Waals surface area (Å²) in [5.74, 6) is -0.287. The number of ether oxygens (including phenoxy) is 2. The van der Waals surface area contributed by atoms with Crippen LogP contribution >= 0.6 is 0 Å². The fourth-order valence-electron chi connectivity index (χ4n) is 3.76. The summed E-state index contributed by atoms with van der Waals surface area (Å²) in [4.78, 5) is 14.1. The van der Waals surface area contributed by atoms with Gasteiger partial charge in [0.2, 0.25) is 5.91 Å². The number of hydrogen-bond donors (Lipinski definition) is 2. The first kappa shape index (κ1) is 26.9. The number of halogens is 6. The zero-order valence-electron chi connectivity index (χ0n) is 18.5. The van der Waals surface area contributed by atoms with E-state index in [0.29, 0.717) is 24.2 Å². The maximum absolute atomic E-state index is 13.2. The van der Waals surface area contributed by atoms with E-state index in [1.807, 2.05) is 0 Å². The van der Waals surface area contributed by atoms with Gasteiger partial charge in [0.1, 0.15) is 0 Å². The van der Waals surface area contributed by atoms with Gasteiger partial charge in [0.05, 0.1) is 36.9 Å². The summed E-state index contributed by atoms with van der Waals surface area (Å²) in [6.45, 7) is 0.473. The van der Waals surface area contributed by atoms with Crippen molar-refractivity contribution >= 4 is 5.91 Å². The molecule has 3 N–H and O–H groups in total. The highest BCUT2D eigenvalue weighted by Gasteiger charge is 2.38. The molecular formula is C23H25F6N3O3. The summed E-state index contributed by atoms with van der Waals surface area (Å²) in [5, 5.41) is 2.66. The summed E-state index contributed by atoms with van der Waals surface area (Å²) in [5.41, 5.74) is 2.97. The molecule has 1 aliphatic heterocycles. The fraction of sp³-hybridized carbons (Fsp3) is 0.435. The van der Waals surface area contributed by atoms with Gasteiger partial charge in [-0.2, -0.15) is 26.3 Å². The molecule has 1 aliphatic rings. The smallest absolute Gasteiger partial charge is 0.354 e. The van der Waals surface area contributed by atoms with Crippen LogP contribution in [0.1, 0.15) is 28.3 Å². The lowest BCUT2D eigenvalue weighted by molar-refractivity contribution is -0.216. The molecule has 12 heteroatoms. The minimum atomic E-state index is -4.96. The van der Waals surface area contributed by atoms with Gasteiger partial charge in [-0.25, -0.2) is 0 Å². The molecule has 3 rings (SSSR count). The van der Waals surface area contributed by atoms with E-state index < -0.39 is 42.4 Å². The average Bonchev–Trinajstić information content (AvgIpc) is 2.80. The van der Waals surface area contributed by atoms with Crippen molar-refractivity contribution in [3.05, 3.63) is 70.8 Å². The molecule has 0 spiro atoms. The number of morpholine rings is 1. The zero-order valence-corrected chi connectivity index (χ0v) is 18.5. The Morgan fingerprint density at radius 3 is 2.26 bits per heavy atom. The Labute approximate surface area is 198 Å². The van der Waals surface area contributed by atoms with Crippen molar-refractivity contribution < 1.29 is 40.6 Å². The number of benzene rings is 2. The van der Waals surface area contributed by atoms with Crippen molar-refractivity contribution in [3.8, 4) is 0 Å². The Morgan fingerprint density at radius 1 is 1.06 bits per heavy atom. The highest BCUT2D eigenvalue weighted by atomic mass is 19.4. The molecule has 1 amide bonds. The van der Waals surface area contributed by atoms with E-state index in [1.54, 1.807) is 35.2 Å². The van der Waals surface area contributed by atoms with Crippen molar-refractivity contribution in [2.75, 3.05) is 32.8 Å². The number of carbonyl (C=O) groups excluding carboxylic acids is 1. The first-order valence-electron chi connectivity index (χ1n) is 10.8. The van der Waals surface area contributed by atoms with E-state index in [-0.39, 0.29) is 43.8 Å². The predicted molar refractivity (Wildman–Crippen MR) is 114 cm³/mol. The number of alkyl halides is 6. The van der Waals surface area contributed by atoms with Crippen molar-refractivity contribution in [1.82, 2.24) is 10.2 Å². The number of amides is 1. The minimum absolute atomic E-state index is 0.0233. The Kier molecular flexibility index (Phi) is 8.75. The van der Waals surface area contributed by atoms with Gasteiger partial charge in [-0.3, -0.25) is 9.69 Å². The third-order valence-electron chi connectivity index (χ3n) is 5.33. The largest absolute Gasteiger partial charge is 0.416 e. The zero-order chi connectivity index (χ0) is 25.6. The van der Waals surface area contributed by atoms with Gasteiger partial charge >= 0.3 is 12.4 Å². The molecule has 1 heterocycles.